The van der Waals surface area contributed by atoms with E-state index in [-0.39, 0.29) is 5.84 Å². The summed E-state index contributed by atoms with van der Waals surface area (Å²) in [5.74, 6) is 0.110. The number of hydrogen-bond acceptors (Lipinski definition) is 3. The Hall–Kier alpha value is -2.49. The van der Waals surface area contributed by atoms with Crippen molar-refractivity contribution in [3.05, 3.63) is 59.2 Å². The van der Waals surface area contributed by atoms with Crippen LogP contribution in [0.25, 0.3) is 0 Å². The van der Waals surface area contributed by atoms with Crippen LogP contribution in [0.5, 0.6) is 0 Å². The van der Waals surface area contributed by atoms with Gasteiger partial charge in [-0.2, -0.15) is 0 Å². The van der Waals surface area contributed by atoms with E-state index in [9.17, 15) is 0 Å². The van der Waals surface area contributed by atoms with E-state index in [0.29, 0.717) is 5.56 Å². The van der Waals surface area contributed by atoms with E-state index >= 15 is 0 Å². The molecule has 0 spiro atoms. The van der Waals surface area contributed by atoms with Crippen LogP contribution < -0.4 is 10.6 Å². The van der Waals surface area contributed by atoms with Crippen molar-refractivity contribution in [2.24, 2.45) is 10.9 Å². The van der Waals surface area contributed by atoms with E-state index in [2.05, 4.69) is 24.2 Å². The lowest BCUT2D eigenvalue weighted by Crippen LogP contribution is -2.19. The highest BCUT2D eigenvalue weighted by Gasteiger charge is 2.12. The Bertz CT molecular complexity index is 633. The Balaban J connectivity index is 2.50. The molecule has 0 bridgehead atoms. The van der Waals surface area contributed by atoms with Crippen molar-refractivity contribution in [2.45, 2.75) is 13.8 Å². The Kier molecular flexibility index (Phi) is 3.94. The first-order valence-electron chi connectivity index (χ1n) is 6.42. The molecule has 0 aliphatic rings. The SMILES string of the molecule is Cc1ccc(N(C)c2cc(C)ccc2C(N)=NO)cc1. The number of oxime groups is 1. The first kappa shape index (κ1) is 13.9. The monoisotopic (exact) mass is 269 g/mol. The van der Waals surface area contributed by atoms with Crippen molar-refractivity contribution in [3.8, 4) is 0 Å². The molecule has 0 saturated heterocycles. The lowest BCUT2D eigenvalue weighted by Gasteiger charge is -2.23. The Labute approximate surface area is 119 Å². The summed E-state index contributed by atoms with van der Waals surface area (Å²) in [5.41, 5.74) is 10.8. The van der Waals surface area contributed by atoms with Gasteiger partial charge in [-0.25, -0.2) is 0 Å². The molecule has 0 saturated carbocycles. The van der Waals surface area contributed by atoms with Crippen LogP contribution in [0.1, 0.15) is 16.7 Å². The Morgan fingerprint density at radius 3 is 2.25 bits per heavy atom. The largest absolute Gasteiger partial charge is 0.409 e. The van der Waals surface area contributed by atoms with E-state index in [1.807, 2.05) is 49.2 Å². The highest BCUT2D eigenvalue weighted by Crippen LogP contribution is 2.28. The van der Waals surface area contributed by atoms with Gasteiger partial charge in [0.1, 0.15) is 0 Å². The van der Waals surface area contributed by atoms with E-state index in [0.717, 1.165) is 16.9 Å². The van der Waals surface area contributed by atoms with Crippen LogP contribution >= 0.6 is 0 Å². The number of benzene rings is 2. The van der Waals surface area contributed by atoms with Gasteiger partial charge in [-0.05, 0) is 43.7 Å². The molecule has 3 N–H and O–H groups in total. The maximum absolute atomic E-state index is 8.92. The Morgan fingerprint density at radius 1 is 1.05 bits per heavy atom. The van der Waals surface area contributed by atoms with Gasteiger partial charge in [0.15, 0.2) is 5.84 Å². The van der Waals surface area contributed by atoms with Crippen LogP contribution in [-0.2, 0) is 0 Å². The molecule has 0 unspecified atom stereocenters. The second kappa shape index (κ2) is 5.65. The number of rotatable bonds is 3. The smallest absolute Gasteiger partial charge is 0.172 e. The van der Waals surface area contributed by atoms with Crippen LogP contribution in [0.3, 0.4) is 0 Å². The molecule has 4 heteroatoms. The van der Waals surface area contributed by atoms with Gasteiger partial charge in [0.2, 0.25) is 0 Å². The van der Waals surface area contributed by atoms with Crippen molar-refractivity contribution in [3.63, 3.8) is 0 Å². The minimum Gasteiger partial charge on any atom is -0.409 e. The van der Waals surface area contributed by atoms with Crippen LogP contribution in [0.15, 0.2) is 47.6 Å². The molecule has 2 aromatic rings. The van der Waals surface area contributed by atoms with Crippen molar-refractivity contribution in [1.82, 2.24) is 0 Å². The maximum atomic E-state index is 8.92. The van der Waals surface area contributed by atoms with E-state index in [1.165, 1.54) is 5.56 Å². The number of hydrogen-bond donors (Lipinski definition) is 2. The minimum atomic E-state index is 0.110. The van der Waals surface area contributed by atoms with Crippen molar-refractivity contribution < 1.29 is 5.21 Å². The van der Waals surface area contributed by atoms with Gasteiger partial charge < -0.3 is 15.8 Å². The van der Waals surface area contributed by atoms with Gasteiger partial charge in [0.25, 0.3) is 0 Å². The zero-order chi connectivity index (χ0) is 14.7. The van der Waals surface area contributed by atoms with Gasteiger partial charge in [-0.15, -0.1) is 0 Å². The molecular formula is C16H19N3O. The molecular weight excluding hydrogens is 250 g/mol. The number of amidine groups is 1. The number of aryl methyl sites for hydroxylation is 2. The van der Waals surface area contributed by atoms with Gasteiger partial charge >= 0.3 is 0 Å². The normalized spacial score (nSPS) is 11.4. The average molecular weight is 269 g/mol. The lowest BCUT2D eigenvalue weighted by atomic mass is 10.1. The highest BCUT2D eigenvalue weighted by molar-refractivity contribution is 6.03. The van der Waals surface area contributed by atoms with E-state index in [4.69, 9.17) is 10.9 Å². The maximum Gasteiger partial charge on any atom is 0.172 e. The molecule has 0 aliphatic heterocycles. The zero-order valence-corrected chi connectivity index (χ0v) is 12.0. The summed E-state index contributed by atoms with van der Waals surface area (Å²) >= 11 is 0. The molecule has 104 valence electrons. The van der Waals surface area contributed by atoms with Crippen LogP contribution in [0, 0.1) is 13.8 Å². The number of nitrogens with two attached hydrogens (primary N) is 1. The summed E-state index contributed by atoms with van der Waals surface area (Å²) in [6.07, 6.45) is 0. The summed E-state index contributed by atoms with van der Waals surface area (Å²) < 4.78 is 0. The fourth-order valence-corrected chi connectivity index (χ4v) is 2.10. The van der Waals surface area contributed by atoms with Gasteiger partial charge in [-0.1, -0.05) is 28.9 Å². The quantitative estimate of drug-likeness (QED) is 0.389. The van der Waals surface area contributed by atoms with Crippen LogP contribution in [0.4, 0.5) is 11.4 Å². The molecule has 2 aromatic carbocycles. The molecule has 0 radical (unpaired) electrons. The summed E-state index contributed by atoms with van der Waals surface area (Å²) in [5, 5.41) is 12.0. The summed E-state index contributed by atoms with van der Waals surface area (Å²) in [6, 6.07) is 14.1. The van der Waals surface area contributed by atoms with E-state index < -0.39 is 0 Å². The molecule has 0 amide bonds. The predicted octanol–water partition coefficient (Wildman–Crippen LogP) is 3.17. The number of anilines is 2. The average Bonchev–Trinajstić information content (AvgIpc) is 2.46. The second-order valence-electron chi connectivity index (χ2n) is 4.90. The van der Waals surface area contributed by atoms with Gasteiger partial charge in [-0.3, -0.25) is 0 Å². The fourth-order valence-electron chi connectivity index (χ4n) is 2.10. The molecule has 2 rings (SSSR count). The molecule has 0 aromatic heterocycles. The van der Waals surface area contributed by atoms with Crippen molar-refractivity contribution in [2.75, 3.05) is 11.9 Å². The molecule has 4 nitrogen and oxygen atoms in total. The molecule has 0 fully saturated rings. The molecule has 0 heterocycles. The first-order valence-corrected chi connectivity index (χ1v) is 6.42. The lowest BCUT2D eigenvalue weighted by molar-refractivity contribution is 0.318. The van der Waals surface area contributed by atoms with Gasteiger partial charge in [0, 0.05) is 18.3 Å². The van der Waals surface area contributed by atoms with Crippen molar-refractivity contribution in [1.29, 1.82) is 0 Å². The third kappa shape index (κ3) is 2.74. The highest BCUT2D eigenvalue weighted by atomic mass is 16.4. The van der Waals surface area contributed by atoms with Crippen molar-refractivity contribution >= 4 is 17.2 Å². The minimum absolute atomic E-state index is 0.110. The number of nitrogens with zero attached hydrogens (tertiary/aromatic N) is 2. The van der Waals surface area contributed by atoms with Crippen LogP contribution in [-0.4, -0.2) is 18.1 Å². The standard InChI is InChI=1S/C16H19N3O/c1-11-4-7-13(8-5-11)19(3)15-10-12(2)6-9-14(15)16(17)18-20/h4-10,20H,1-3H3,(H2,17,18). The van der Waals surface area contributed by atoms with Crippen LogP contribution in [0.2, 0.25) is 0 Å². The second-order valence-corrected chi connectivity index (χ2v) is 4.90. The fraction of sp³-hybridized carbons (Fsp3) is 0.188. The first-order chi connectivity index (χ1) is 9.52. The molecule has 0 aliphatic carbocycles. The summed E-state index contributed by atoms with van der Waals surface area (Å²) in [6.45, 7) is 4.07. The topological polar surface area (TPSA) is 61.8 Å². The van der Waals surface area contributed by atoms with Gasteiger partial charge in [0.05, 0.1) is 5.69 Å². The van der Waals surface area contributed by atoms with E-state index in [1.54, 1.807) is 0 Å². The Morgan fingerprint density at radius 2 is 1.65 bits per heavy atom. The zero-order valence-electron chi connectivity index (χ0n) is 12.0. The predicted molar refractivity (Wildman–Crippen MR) is 82.9 cm³/mol. The summed E-state index contributed by atoms with van der Waals surface area (Å²) in [7, 11) is 1.97. The summed E-state index contributed by atoms with van der Waals surface area (Å²) in [4.78, 5) is 2.03. The molecule has 0 atom stereocenters. The third-order valence-corrected chi connectivity index (χ3v) is 3.32. The third-order valence-electron chi connectivity index (χ3n) is 3.32. The molecule has 20 heavy (non-hydrogen) atoms.